The van der Waals surface area contributed by atoms with Crippen molar-refractivity contribution in [2.75, 3.05) is 18.1 Å². The van der Waals surface area contributed by atoms with Crippen LogP contribution in [0, 0.1) is 5.92 Å². The van der Waals surface area contributed by atoms with E-state index in [0.717, 1.165) is 12.5 Å². The molecule has 1 unspecified atom stereocenters. The van der Waals surface area contributed by atoms with Crippen molar-refractivity contribution in [1.82, 2.24) is 10.7 Å². The second-order valence-corrected chi connectivity index (χ2v) is 4.14. The topological polar surface area (TPSA) is 50.1 Å². The Bertz CT molecular complexity index is 134. The third kappa shape index (κ3) is 3.27. The van der Waals surface area contributed by atoms with Crippen LogP contribution in [-0.2, 0) is 0 Å². The maximum atomic E-state index is 5.10. The summed E-state index contributed by atoms with van der Waals surface area (Å²) in [7, 11) is 0. The molecule has 5 heteroatoms. The Hall–Kier alpha value is 0. The molecule has 0 aromatic heterocycles. The first-order valence-electron chi connectivity index (χ1n) is 3.65. The zero-order valence-corrected chi connectivity index (χ0v) is 7.93. The van der Waals surface area contributed by atoms with Crippen LogP contribution in [0.1, 0.15) is 6.42 Å². The number of hydrogen-bond donors (Lipinski definition) is 3. The fourth-order valence-electron chi connectivity index (χ4n) is 1.03. The second-order valence-electron chi connectivity index (χ2n) is 2.58. The lowest BCUT2D eigenvalue weighted by molar-refractivity contribution is 0.578. The molecule has 0 radical (unpaired) electrons. The molecule has 0 aliphatic carbocycles. The summed E-state index contributed by atoms with van der Waals surface area (Å²) in [4.78, 5) is 0. The second kappa shape index (κ2) is 4.79. The first-order valence-corrected chi connectivity index (χ1v) is 5.21. The number of rotatable bonds is 2. The molecule has 11 heavy (non-hydrogen) atoms. The zero-order valence-electron chi connectivity index (χ0n) is 6.30. The van der Waals surface area contributed by atoms with Crippen LogP contribution in [-0.4, -0.2) is 23.2 Å². The number of thiocarbonyl (C=S) groups is 1. The minimum atomic E-state index is 0.543. The van der Waals surface area contributed by atoms with Gasteiger partial charge in [0.1, 0.15) is 0 Å². The van der Waals surface area contributed by atoms with E-state index in [9.17, 15) is 0 Å². The van der Waals surface area contributed by atoms with Crippen molar-refractivity contribution in [1.29, 1.82) is 0 Å². The van der Waals surface area contributed by atoms with Gasteiger partial charge in [-0.3, -0.25) is 0 Å². The van der Waals surface area contributed by atoms with Crippen molar-refractivity contribution in [3.05, 3.63) is 0 Å². The lowest BCUT2D eigenvalue weighted by Crippen LogP contribution is -2.41. The maximum Gasteiger partial charge on any atom is 0.180 e. The highest BCUT2D eigenvalue weighted by Crippen LogP contribution is 2.22. The summed E-state index contributed by atoms with van der Waals surface area (Å²) in [5.74, 6) is 8.40. The highest BCUT2D eigenvalue weighted by atomic mass is 32.2. The Labute approximate surface area is 76.4 Å². The Balaban J connectivity index is 2.06. The fraction of sp³-hybridized carbons (Fsp3) is 0.833. The molecule has 1 rings (SSSR count). The molecule has 1 atom stereocenters. The molecule has 64 valence electrons. The van der Waals surface area contributed by atoms with Crippen molar-refractivity contribution in [3.63, 3.8) is 0 Å². The molecule has 0 bridgehead atoms. The van der Waals surface area contributed by atoms with Gasteiger partial charge in [0.25, 0.3) is 0 Å². The standard InChI is InChI=1S/C6H13N3S2/c7-9-6(10)8-3-5-1-2-11-4-5/h5H,1-4,7H2,(H2,8,9,10). The molecule has 1 aliphatic rings. The molecule has 0 spiro atoms. The Morgan fingerprint density at radius 2 is 2.55 bits per heavy atom. The molecule has 1 fully saturated rings. The van der Waals surface area contributed by atoms with Gasteiger partial charge in [-0.15, -0.1) is 0 Å². The number of hydrazine groups is 1. The average Bonchev–Trinajstić information content (AvgIpc) is 2.52. The van der Waals surface area contributed by atoms with Crippen LogP contribution in [0.4, 0.5) is 0 Å². The summed E-state index contributed by atoms with van der Waals surface area (Å²) >= 11 is 6.84. The first kappa shape index (κ1) is 9.09. The SMILES string of the molecule is NNC(=S)NCC1CCSC1. The molecule has 1 heterocycles. The van der Waals surface area contributed by atoms with E-state index >= 15 is 0 Å². The predicted molar refractivity (Wildman–Crippen MR) is 53.4 cm³/mol. The molecule has 4 N–H and O–H groups in total. The van der Waals surface area contributed by atoms with E-state index in [1.165, 1.54) is 17.9 Å². The van der Waals surface area contributed by atoms with Crippen molar-refractivity contribution in [2.24, 2.45) is 11.8 Å². The third-order valence-corrected chi connectivity index (χ3v) is 3.20. The molecular weight excluding hydrogens is 178 g/mol. The summed E-state index contributed by atoms with van der Waals surface area (Å²) in [5.41, 5.74) is 2.40. The lowest BCUT2D eigenvalue weighted by Gasteiger charge is -2.10. The Kier molecular flexibility index (Phi) is 3.96. The maximum absolute atomic E-state index is 5.10. The summed E-state index contributed by atoms with van der Waals surface area (Å²) in [5, 5.41) is 3.60. The van der Waals surface area contributed by atoms with Crippen LogP contribution >= 0.6 is 24.0 Å². The summed E-state index contributed by atoms with van der Waals surface area (Å²) in [6.07, 6.45) is 1.30. The van der Waals surface area contributed by atoms with Gasteiger partial charge in [-0.1, -0.05) is 0 Å². The van der Waals surface area contributed by atoms with Gasteiger partial charge in [0.15, 0.2) is 5.11 Å². The van der Waals surface area contributed by atoms with Crippen molar-refractivity contribution in [3.8, 4) is 0 Å². The van der Waals surface area contributed by atoms with Crippen molar-refractivity contribution >= 4 is 29.1 Å². The van der Waals surface area contributed by atoms with E-state index in [1.807, 2.05) is 11.8 Å². The average molecular weight is 191 g/mol. The van der Waals surface area contributed by atoms with Gasteiger partial charge in [-0.25, -0.2) is 5.84 Å². The van der Waals surface area contributed by atoms with Gasteiger partial charge in [-0.05, 0) is 36.1 Å². The summed E-state index contributed by atoms with van der Waals surface area (Å²) in [6.45, 7) is 0.954. The minimum absolute atomic E-state index is 0.543. The van der Waals surface area contributed by atoms with Gasteiger partial charge in [-0.2, -0.15) is 11.8 Å². The molecular formula is C6H13N3S2. The van der Waals surface area contributed by atoms with Crippen LogP contribution in [0.2, 0.25) is 0 Å². The monoisotopic (exact) mass is 191 g/mol. The molecule has 0 amide bonds. The van der Waals surface area contributed by atoms with Gasteiger partial charge in [0.2, 0.25) is 0 Å². The molecule has 3 nitrogen and oxygen atoms in total. The molecule has 0 aromatic rings. The van der Waals surface area contributed by atoms with Crippen molar-refractivity contribution in [2.45, 2.75) is 6.42 Å². The van der Waals surface area contributed by atoms with E-state index < -0.39 is 0 Å². The van der Waals surface area contributed by atoms with E-state index in [0.29, 0.717) is 5.11 Å². The normalized spacial score (nSPS) is 23.2. The van der Waals surface area contributed by atoms with Crippen molar-refractivity contribution < 1.29 is 0 Å². The van der Waals surface area contributed by atoms with Crippen LogP contribution in [0.5, 0.6) is 0 Å². The number of hydrogen-bond acceptors (Lipinski definition) is 3. The highest BCUT2D eigenvalue weighted by Gasteiger charge is 2.14. The van der Waals surface area contributed by atoms with Crippen LogP contribution < -0.4 is 16.6 Å². The van der Waals surface area contributed by atoms with Gasteiger partial charge in [0.05, 0.1) is 0 Å². The predicted octanol–water partition coefficient (Wildman–Crippen LogP) is 0.0773. The molecule has 1 saturated heterocycles. The first-order chi connectivity index (χ1) is 5.33. The van der Waals surface area contributed by atoms with E-state index in [-0.39, 0.29) is 0 Å². The van der Waals surface area contributed by atoms with E-state index in [2.05, 4.69) is 10.7 Å². The molecule has 0 saturated carbocycles. The number of thioether (sulfide) groups is 1. The van der Waals surface area contributed by atoms with Crippen LogP contribution in [0.25, 0.3) is 0 Å². The van der Waals surface area contributed by atoms with Gasteiger partial charge in [0, 0.05) is 6.54 Å². The minimum Gasteiger partial charge on any atom is -0.361 e. The summed E-state index contributed by atoms with van der Waals surface area (Å²) < 4.78 is 0. The fourth-order valence-corrected chi connectivity index (χ4v) is 2.40. The number of nitrogens with two attached hydrogens (primary N) is 1. The van der Waals surface area contributed by atoms with Crippen LogP contribution in [0.15, 0.2) is 0 Å². The quantitative estimate of drug-likeness (QED) is 0.328. The highest BCUT2D eigenvalue weighted by molar-refractivity contribution is 7.99. The Morgan fingerprint density at radius 3 is 3.09 bits per heavy atom. The van der Waals surface area contributed by atoms with E-state index in [4.69, 9.17) is 18.1 Å². The van der Waals surface area contributed by atoms with Gasteiger partial charge >= 0.3 is 0 Å². The number of nitrogens with one attached hydrogen (secondary N) is 2. The molecule has 0 aromatic carbocycles. The smallest absolute Gasteiger partial charge is 0.180 e. The van der Waals surface area contributed by atoms with Crippen LogP contribution in [0.3, 0.4) is 0 Å². The third-order valence-electron chi connectivity index (χ3n) is 1.71. The zero-order chi connectivity index (χ0) is 8.10. The lowest BCUT2D eigenvalue weighted by atomic mass is 10.1. The Morgan fingerprint density at radius 1 is 1.73 bits per heavy atom. The van der Waals surface area contributed by atoms with Gasteiger partial charge < -0.3 is 10.7 Å². The molecule has 1 aliphatic heterocycles. The largest absolute Gasteiger partial charge is 0.361 e. The summed E-state index contributed by atoms with van der Waals surface area (Å²) in [6, 6.07) is 0. The van der Waals surface area contributed by atoms with E-state index in [1.54, 1.807) is 0 Å².